The lowest BCUT2D eigenvalue weighted by atomic mass is 9.86. The number of piperidine rings is 1. The number of fused-ring (bicyclic) bond motifs is 3. The van der Waals surface area contributed by atoms with E-state index in [9.17, 15) is 8.78 Å². The molecule has 0 saturated carbocycles. The van der Waals surface area contributed by atoms with Gasteiger partial charge in [0.25, 0.3) is 0 Å². The van der Waals surface area contributed by atoms with Crippen molar-refractivity contribution >= 4 is 0 Å². The molecule has 0 spiro atoms. The average molecular weight is 269 g/mol. The third kappa shape index (κ3) is 2.44. The fourth-order valence-electron chi connectivity index (χ4n) is 3.02. The summed E-state index contributed by atoms with van der Waals surface area (Å²) < 4.78 is 34.9. The smallest absolute Gasteiger partial charge is 0.387 e. The highest BCUT2D eigenvalue weighted by Gasteiger charge is 2.35. The first-order valence-corrected chi connectivity index (χ1v) is 6.62. The molecule has 0 amide bonds. The van der Waals surface area contributed by atoms with Crippen LogP contribution in [-0.4, -0.2) is 19.3 Å². The second kappa shape index (κ2) is 5.06. The summed E-state index contributed by atoms with van der Waals surface area (Å²) in [7, 11) is 0. The zero-order chi connectivity index (χ0) is 13.4. The summed E-state index contributed by atoms with van der Waals surface area (Å²) in [6.07, 6.45) is 2.24. The molecule has 1 aromatic rings. The van der Waals surface area contributed by atoms with E-state index >= 15 is 0 Å². The Hall–Kier alpha value is -1.20. The van der Waals surface area contributed by atoms with Gasteiger partial charge in [-0.2, -0.15) is 8.78 Å². The summed E-state index contributed by atoms with van der Waals surface area (Å²) in [5, 5.41) is 3.44. The SMILES string of the molecule is C[C@@H]1O[C@@H]2CCCN[C@@H]2c2ccc(OC(F)F)cc21. The first kappa shape index (κ1) is 12.8. The van der Waals surface area contributed by atoms with Crippen LogP contribution in [0.2, 0.25) is 0 Å². The van der Waals surface area contributed by atoms with E-state index in [0.29, 0.717) is 0 Å². The molecule has 3 rings (SSSR count). The largest absolute Gasteiger partial charge is 0.435 e. The van der Waals surface area contributed by atoms with E-state index in [-0.39, 0.29) is 24.0 Å². The maximum atomic E-state index is 12.3. The van der Waals surface area contributed by atoms with Gasteiger partial charge in [0.05, 0.1) is 18.2 Å². The van der Waals surface area contributed by atoms with Gasteiger partial charge in [0.1, 0.15) is 5.75 Å². The van der Waals surface area contributed by atoms with Gasteiger partial charge in [0.15, 0.2) is 0 Å². The Labute approximate surface area is 110 Å². The van der Waals surface area contributed by atoms with Crippen LogP contribution >= 0.6 is 0 Å². The third-order valence-corrected chi connectivity index (χ3v) is 3.84. The lowest BCUT2D eigenvalue weighted by Gasteiger charge is -2.40. The molecule has 1 fully saturated rings. The van der Waals surface area contributed by atoms with Crippen LogP contribution in [0, 0.1) is 0 Å². The summed E-state index contributed by atoms with van der Waals surface area (Å²) in [5.74, 6) is 0.193. The predicted molar refractivity (Wildman–Crippen MR) is 66.3 cm³/mol. The standard InChI is InChI=1S/C14H17F2NO2/c1-8-11-7-9(19-14(15)16)4-5-10(11)13-12(18-8)3-2-6-17-13/h4-5,7-8,12-14,17H,2-3,6H2,1H3/t8-,12+,13+/m0/s1. The first-order chi connectivity index (χ1) is 9.15. The van der Waals surface area contributed by atoms with Crippen LogP contribution in [0.25, 0.3) is 0 Å². The summed E-state index contributed by atoms with van der Waals surface area (Å²) in [4.78, 5) is 0. The van der Waals surface area contributed by atoms with Gasteiger partial charge in [-0.15, -0.1) is 0 Å². The minimum atomic E-state index is -2.79. The van der Waals surface area contributed by atoms with Gasteiger partial charge in [-0.25, -0.2) is 0 Å². The van der Waals surface area contributed by atoms with Crippen molar-refractivity contribution in [2.24, 2.45) is 0 Å². The molecule has 5 heteroatoms. The summed E-state index contributed by atoms with van der Waals surface area (Å²) in [6, 6.07) is 5.32. The Kier molecular flexibility index (Phi) is 3.41. The highest BCUT2D eigenvalue weighted by molar-refractivity contribution is 5.41. The Morgan fingerprint density at radius 3 is 3.00 bits per heavy atom. The maximum absolute atomic E-state index is 12.3. The van der Waals surface area contributed by atoms with Crippen LogP contribution in [0.1, 0.15) is 43.0 Å². The van der Waals surface area contributed by atoms with Crippen molar-refractivity contribution in [3.05, 3.63) is 29.3 Å². The molecule has 0 unspecified atom stereocenters. The molecule has 1 N–H and O–H groups in total. The fraction of sp³-hybridized carbons (Fsp3) is 0.571. The Morgan fingerprint density at radius 2 is 2.21 bits per heavy atom. The highest BCUT2D eigenvalue weighted by Crippen LogP contribution is 2.41. The van der Waals surface area contributed by atoms with Crippen molar-refractivity contribution in [3.63, 3.8) is 0 Å². The van der Waals surface area contributed by atoms with Crippen molar-refractivity contribution in [3.8, 4) is 5.75 Å². The van der Waals surface area contributed by atoms with Crippen molar-refractivity contribution in [1.82, 2.24) is 5.32 Å². The van der Waals surface area contributed by atoms with Gasteiger partial charge in [0, 0.05) is 0 Å². The number of rotatable bonds is 2. The minimum absolute atomic E-state index is 0.0858. The van der Waals surface area contributed by atoms with E-state index in [1.165, 1.54) is 0 Å². The third-order valence-electron chi connectivity index (χ3n) is 3.84. The molecule has 1 saturated heterocycles. The molecule has 0 bridgehead atoms. The monoisotopic (exact) mass is 269 g/mol. The number of ether oxygens (including phenoxy) is 2. The number of hydrogen-bond acceptors (Lipinski definition) is 3. The van der Waals surface area contributed by atoms with Crippen LogP contribution in [0.3, 0.4) is 0 Å². The number of nitrogens with one attached hydrogen (secondary N) is 1. The molecule has 1 aromatic carbocycles. The molecule has 2 aliphatic rings. The highest BCUT2D eigenvalue weighted by atomic mass is 19.3. The molecule has 3 nitrogen and oxygen atoms in total. The van der Waals surface area contributed by atoms with Crippen LogP contribution < -0.4 is 10.1 Å². The van der Waals surface area contributed by atoms with E-state index in [4.69, 9.17) is 4.74 Å². The predicted octanol–water partition coefficient (Wildman–Crippen LogP) is 3.17. The van der Waals surface area contributed by atoms with Crippen LogP contribution in [0.15, 0.2) is 18.2 Å². The zero-order valence-electron chi connectivity index (χ0n) is 10.7. The van der Waals surface area contributed by atoms with E-state index < -0.39 is 6.61 Å². The molecule has 0 radical (unpaired) electrons. The molecule has 0 aliphatic carbocycles. The van der Waals surface area contributed by atoms with Gasteiger partial charge in [0.2, 0.25) is 0 Å². The van der Waals surface area contributed by atoms with Gasteiger partial charge in [-0.3, -0.25) is 0 Å². The molecular formula is C14H17F2NO2. The Balaban J connectivity index is 1.93. The number of benzene rings is 1. The Bertz CT molecular complexity index is 467. The zero-order valence-corrected chi connectivity index (χ0v) is 10.7. The van der Waals surface area contributed by atoms with Gasteiger partial charge in [-0.05, 0) is 49.6 Å². The molecule has 0 aromatic heterocycles. The van der Waals surface area contributed by atoms with Crippen molar-refractivity contribution < 1.29 is 18.3 Å². The maximum Gasteiger partial charge on any atom is 0.387 e. The summed E-state index contributed by atoms with van der Waals surface area (Å²) in [6.45, 7) is 0.127. The summed E-state index contributed by atoms with van der Waals surface area (Å²) in [5.41, 5.74) is 2.08. The van der Waals surface area contributed by atoms with Crippen LogP contribution in [-0.2, 0) is 4.74 Å². The molecule has 2 heterocycles. The topological polar surface area (TPSA) is 30.5 Å². The average Bonchev–Trinajstić information content (AvgIpc) is 2.38. The van der Waals surface area contributed by atoms with Crippen LogP contribution in [0.5, 0.6) is 5.75 Å². The van der Waals surface area contributed by atoms with Gasteiger partial charge < -0.3 is 14.8 Å². The molecule has 2 aliphatic heterocycles. The van der Waals surface area contributed by atoms with Crippen molar-refractivity contribution in [2.45, 2.75) is 44.6 Å². The number of alkyl halides is 2. The number of halogens is 2. The van der Waals surface area contributed by atoms with E-state index in [2.05, 4.69) is 10.1 Å². The number of hydrogen-bond donors (Lipinski definition) is 1. The van der Waals surface area contributed by atoms with Crippen LogP contribution in [0.4, 0.5) is 8.78 Å². The first-order valence-electron chi connectivity index (χ1n) is 6.62. The molecular weight excluding hydrogens is 252 g/mol. The van der Waals surface area contributed by atoms with Gasteiger partial charge in [-0.1, -0.05) is 6.07 Å². The second-order valence-corrected chi connectivity index (χ2v) is 5.06. The van der Waals surface area contributed by atoms with Gasteiger partial charge >= 0.3 is 6.61 Å². The Morgan fingerprint density at radius 1 is 1.37 bits per heavy atom. The van der Waals surface area contributed by atoms with Crippen molar-refractivity contribution in [2.75, 3.05) is 6.54 Å². The molecule has 104 valence electrons. The van der Waals surface area contributed by atoms with E-state index in [1.807, 2.05) is 13.0 Å². The normalized spacial score (nSPS) is 29.8. The van der Waals surface area contributed by atoms with E-state index in [1.54, 1.807) is 12.1 Å². The molecule has 3 atom stereocenters. The lowest BCUT2D eigenvalue weighted by Crippen LogP contribution is -2.43. The minimum Gasteiger partial charge on any atom is -0.435 e. The quantitative estimate of drug-likeness (QED) is 0.894. The lowest BCUT2D eigenvalue weighted by molar-refractivity contribution is -0.0573. The van der Waals surface area contributed by atoms with E-state index in [0.717, 1.165) is 30.5 Å². The molecule has 19 heavy (non-hydrogen) atoms. The van der Waals surface area contributed by atoms with Crippen molar-refractivity contribution in [1.29, 1.82) is 0 Å². The fourth-order valence-corrected chi connectivity index (χ4v) is 3.02. The second-order valence-electron chi connectivity index (χ2n) is 5.06. The summed E-state index contributed by atoms with van der Waals surface area (Å²) >= 11 is 0.